The van der Waals surface area contributed by atoms with Crippen LogP contribution in [0.15, 0.2) is 121 Å². The number of benzene rings is 1. The predicted molar refractivity (Wildman–Crippen MR) is 281 cm³/mol. The maximum atomic E-state index is 3.83. The highest BCUT2D eigenvalue weighted by molar-refractivity contribution is 7.07. The third-order valence-electron chi connectivity index (χ3n) is 2.62. The third kappa shape index (κ3) is 231. The van der Waals surface area contributed by atoms with Crippen LogP contribution in [0.2, 0.25) is 0 Å². The van der Waals surface area contributed by atoms with Crippen LogP contribution >= 0.6 is 11.3 Å². The topological polar surface area (TPSA) is 72.3 Å². The van der Waals surface area contributed by atoms with E-state index >= 15 is 0 Å². The van der Waals surface area contributed by atoms with Crippen LogP contribution in [0.4, 0.5) is 0 Å². The average molecular weight is 850 g/mol. The summed E-state index contributed by atoms with van der Waals surface area (Å²) >= 11 is 1.60. The van der Waals surface area contributed by atoms with E-state index in [0.29, 0.717) is 0 Å². The lowest BCUT2D eigenvalue weighted by Crippen LogP contribution is -1.83. The van der Waals surface area contributed by atoms with Crippen LogP contribution in [0.3, 0.4) is 0 Å². The molecule has 59 heavy (non-hydrogen) atoms. The fraction of sp³-hybridized carbons (Fsp3) is 0.615. The van der Waals surface area contributed by atoms with Crippen molar-refractivity contribution in [3.8, 4) is 0 Å². The Bertz CT molecular complexity index is 855. The molecule has 0 fully saturated rings. The molecule has 0 radical (unpaired) electrons. The molecule has 0 saturated heterocycles. The van der Waals surface area contributed by atoms with Gasteiger partial charge in [-0.15, -0.1) is 11.3 Å². The monoisotopic (exact) mass is 849 g/mol. The van der Waals surface area contributed by atoms with E-state index in [1.165, 1.54) is 0 Å². The number of nitrogens with zero attached hydrogens (tertiary/aromatic N) is 5. The minimum atomic E-state index is 0. The molecule has 1 aromatic carbocycles. The molecule has 0 atom stereocenters. The van der Waals surface area contributed by atoms with Crippen molar-refractivity contribution in [2.24, 2.45) is 36.6 Å². The van der Waals surface area contributed by atoms with Gasteiger partial charge in [0.15, 0.2) is 0 Å². The molecule has 0 bridgehead atoms. The first-order chi connectivity index (χ1) is 27.6. The van der Waals surface area contributed by atoms with Crippen LogP contribution in [0, 0.1) is 29.6 Å². The first-order valence-corrected chi connectivity index (χ1v) is 23.0. The van der Waals surface area contributed by atoms with Gasteiger partial charge in [-0.25, -0.2) is 0 Å². The fourth-order valence-electron chi connectivity index (χ4n) is 1.43. The largest absolute Gasteiger partial charge is 0.286 e. The van der Waals surface area contributed by atoms with Crippen LogP contribution in [0.1, 0.15) is 181 Å². The SMILES string of the molecule is C.CC.CC.CC.CC.CC.CC(C)C.CC(C)C.CC(C)C.CC(C)C.CC(C)C.Cn1cccn1.c1ccccc1.c1ccncc1.c1cn[nH]c1.c1cscn1. The molecule has 1 N–H and O–H groups in total. The molecule has 6 nitrogen and oxygen atoms in total. The molecule has 352 valence electrons. The van der Waals surface area contributed by atoms with Crippen molar-refractivity contribution in [1.82, 2.24) is 29.9 Å². The number of aromatic amines is 1. The summed E-state index contributed by atoms with van der Waals surface area (Å²) in [7, 11) is 1.89. The summed E-state index contributed by atoms with van der Waals surface area (Å²) in [5, 5.41) is 12.0. The summed E-state index contributed by atoms with van der Waals surface area (Å²) in [6.07, 6.45) is 12.4. The highest BCUT2D eigenvalue weighted by atomic mass is 32.1. The smallest absolute Gasteiger partial charge is 0.0791 e. The Morgan fingerprint density at radius 2 is 0.729 bits per heavy atom. The van der Waals surface area contributed by atoms with Gasteiger partial charge in [-0.05, 0) is 53.9 Å². The maximum absolute atomic E-state index is 3.83. The van der Waals surface area contributed by atoms with E-state index in [-0.39, 0.29) is 7.43 Å². The zero-order valence-electron chi connectivity index (χ0n) is 43.6. The number of rotatable bonds is 0. The van der Waals surface area contributed by atoms with Crippen molar-refractivity contribution in [3.63, 3.8) is 0 Å². The molecule has 4 aromatic heterocycles. The number of aryl methyl sites for hydroxylation is 1. The summed E-state index contributed by atoms with van der Waals surface area (Å²) in [4.78, 5) is 7.53. The lowest BCUT2D eigenvalue weighted by molar-refractivity contribution is 0.736. The lowest BCUT2D eigenvalue weighted by Gasteiger charge is -1.79. The number of H-pyrrole nitrogens is 1. The molecular formula is C52H108N6S. The molecule has 7 heteroatoms. The summed E-state index contributed by atoms with van der Waals surface area (Å²) < 4.78 is 1.75. The van der Waals surface area contributed by atoms with Crippen molar-refractivity contribution < 1.29 is 0 Å². The van der Waals surface area contributed by atoms with Crippen LogP contribution in [-0.4, -0.2) is 29.9 Å². The van der Waals surface area contributed by atoms with Crippen molar-refractivity contribution >= 4 is 11.3 Å². The van der Waals surface area contributed by atoms with Crippen LogP contribution in [0.25, 0.3) is 0 Å². The van der Waals surface area contributed by atoms with Crippen molar-refractivity contribution in [2.45, 2.75) is 181 Å². The Morgan fingerprint density at radius 1 is 0.407 bits per heavy atom. The average Bonchev–Trinajstić information content (AvgIpc) is 4.05. The van der Waals surface area contributed by atoms with Crippen molar-refractivity contribution in [3.05, 3.63) is 121 Å². The second kappa shape index (κ2) is 95.1. The Labute approximate surface area is 378 Å². The molecule has 5 aromatic rings. The van der Waals surface area contributed by atoms with E-state index in [2.05, 4.69) is 129 Å². The highest BCUT2D eigenvalue weighted by Crippen LogP contribution is 1.86. The Hall–Kier alpha value is -3.58. The summed E-state index contributed by atoms with van der Waals surface area (Å²) in [5.74, 6) is 4.17. The van der Waals surface area contributed by atoms with E-state index in [0.717, 1.165) is 29.6 Å². The van der Waals surface area contributed by atoms with Gasteiger partial charge in [-0.1, -0.05) is 223 Å². The minimum Gasteiger partial charge on any atom is -0.286 e. The zero-order chi connectivity index (χ0) is 47.8. The van der Waals surface area contributed by atoms with Crippen LogP contribution in [-0.2, 0) is 7.05 Å². The van der Waals surface area contributed by atoms with Gasteiger partial charge >= 0.3 is 0 Å². The molecule has 0 amide bonds. The fourth-order valence-corrected chi connectivity index (χ4v) is 1.78. The van der Waals surface area contributed by atoms with Gasteiger partial charge in [0.25, 0.3) is 0 Å². The first-order valence-electron chi connectivity index (χ1n) is 22.1. The minimum absolute atomic E-state index is 0. The van der Waals surface area contributed by atoms with E-state index in [4.69, 9.17) is 0 Å². The van der Waals surface area contributed by atoms with Gasteiger partial charge in [-0.3, -0.25) is 19.7 Å². The standard InChI is InChI=1S/C6H6.C5H5N.C4H6N2.5C4H10.C3H4N2.C3H3NS.5C2H6.CH4/c2*1-2-4-6-5-3-1;1-6-4-2-3-5-6;5*1-4(2)3;1-2-4-5-3-1;1-2-5-3-4-1;5*1-2;/h1-6H;1-5H;2-4H,1H3;5*4H,1-3H3;1-3H,(H,4,5);1-3H;5*1-2H3;1H4. The number of nitrogens with one attached hydrogen (secondary N) is 1. The van der Waals surface area contributed by atoms with Gasteiger partial charge in [0.1, 0.15) is 0 Å². The maximum Gasteiger partial charge on any atom is 0.0791 e. The van der Waals surface area contributed by atoms with Gasteiger partial charge in [0, 0.05) is 55.8 Å². The van der Waals surface area contributed by atoms with Gasteiger partial charge in [0.2, 0.25) is 0 Å². The van der Waals surface area contributed by atoms with E-state index in [9.17, 15) is 0 Å². The van der Waals surface area contributed by atoms with Crippen molar-refractivity contribution in [1.29, 1.82) is 0 Å². The molecule has 0 aliphatic heterocycles. The number of hydrogen-bond acceptors (Lipinski definition) is 5. The predicted octanol–water partition coefficient (Wildman–Crippen LogP) is 18.8. The zero-order valence-corrected chi connectivity index (χ0v) is 44.4. The van der Waals surface area contributed by atoms with Crippen LogP contribution in [0.5, 0.6) is 0 Å². The quantitative estimate of drug-likeness (QED) is 0.168. The molecule has 0 unspecified atom stereocenters. The number of hydrogen-bond donors (Lipinski definition) is 1. The Kier molecular flexibility index (Phi) is 134. The molecule has 0 saturated carbocycles. The van der Waals surface area contributed by atoms with Gasteiger partial charge in [-0.2, -0.15) is 10.2 Å². The molecule has 4 heterocycles. The third-order valence-corrected chi connectivity index (χ3v) is 3.15. The lowest BCUT2D eigenvalue weighted by atomic mass is 10.3. The summed E-state index contributed by atoms with van der Waals surface area (Å²) in [5.41, 5.74) is 1.79. The van der Waals surface area contributed by atoms with Crippen molar-refractivity contribution in [2.75, 3.05) is 0 Å². The summed E-state index contributed by atoms with van der Waals surface area (Å²) in [6.45, 7) is 52.5. The summed E-state index contributed by atoms with van der Waals surface area (Å²) in [6, 6.07) is 21.4. The molecule has 5 rings (SSSR count). The Morgan fingerprint density at radius 3 is 0.814 bits per heavy atom. The van der Waals surface area contributed by atoms with Gasteiger partial charge in [0.05, 0.1) is 5.51 Å². The van der Waals surface area contributed by atoms with E-state index < -0.39 is 0 Å². The van der Waals surface area contributed by atoms with Crippen LogP contribution < -0.4 is 0 Å². The molecule has 0 aliphatic rings. The number of thiazole rings is 1. The highest BCUT2D eigenvalue weighted by Gasteiger charge is 1.71. The number of pyridine rings is 1. The first kappa shape index (κ1) is 83.2. The second-order valence-corrected chi connectivity index (χ2v) is 14.2. The number of aromatic nitrogens is 6. The Balaban J connectivity index is -0.0000000472. The second-order valence-electron chi connectivity index (χ2n) is 13.5. The normalized spacial score (nSPS) is 7.44. The van der Waals surface area contributed by atoms with Gasteiger partial charge < -0.3 is 0 Å². The molecular weight excluding hydrogens is 741 g/mol. The molecule has 0 aliphatic carbocycles. The van der Waals surface area contributed by atoms with E-state index in [1.807, 2.05) is 155 Å². The molecule has 0 spiro atoms. The van der Waals surface area contributed by atoms with E-state index in [1.54, 1.807) is 58.7 Å².